The molecule has 0 aliphatic carbocycles. The van der Waals surface area contributed by atoms with Gasteiger partial charge in [-0.1, -0.05) is 55.8 Å². The van der Waals surface area contributed by atoms with Crippen molar-refractivity contribution in [3.05, 3.63) is 53.1 Å². The smallest absolute Gasteiger partial charge is 0.142 e. The number of aldehydes is 1. The third-order valence-electron chi connectivity index (χ3n) is 2.44. The minimum atomic E-state index is 0.564. The fourth-order valence-corrected chi connectivity index (χ4v) is 1.48. The van der Waals surface area contributed by atoms with Crippen molar-refractivity contribution in [1.29, 1.82) is 0 Å². The van der Waals surface area contributed by atoms with Crippen molar-refractivity contribution in [2.24, 2.45) is 0 Å². The molecule has 0 fully saturated rings. The monoisotopic (exact) mass is 214 g/mol. The van der Waals surface area contributed by atoms with Gasteiger partial charge in [0.25, 0.3) is 0 Å². The summed E-state index contributed by atoms with van der Waals surface area (Å²) in [6.07, 6.45) is 6.17. The summed E-state index contributed by atoms with van der Waals surface area (Å²) in [5, 5.41) is 0. The van der Waals surface area contributed by atoms with Crippen LogP contribution in [0, 0.1) is 0 Å². The van der Waals surface area contributed by atoms with E-state index in [9.17, 15) is 4.79 Å². The van der Waals surface area contributed by atoms with Gasteiger partial charge >= 0.3 is 0 Å². The molecule has 1 rings (SSSR count). The molecule has 16 heavy (non-hydrogen) atoms. The second-order valence-electron chi connectivity index (χ2n) is 4.20. The van der Waals surface area contributed by atoms with Crippen LogP contribution in [0.15, 0.2) is 42.0 Å². The maximum atomic E-state index is 10.2. The Labute approximate surface area is 97.5 Å². The van der Waals surface area contributed by atoms with Gasteiger partial charge in [0.05, 0.1) is 0 Å². The first kappa shape index (κ1) is 12.4. The zero-order valence-corrected chi connectivity index (χ0v) is 10.1. The molecule has 0 aromatic heterocycles. The largest absolute Gasteiger partial charge is 0.299 e. The third-order valence-corrected chi connectivity index (χ3v) is 2.44. The van der Waals surface area contributed by atoms with Gasteiger partial charge in [-0.15, -0.1) is 0 Å². The molecule has 0 amide bonds. The second kappa shape index (κ2) is 6.06. The maximum Gasteiger partial charge on any atom is 0.142 e. The summed E-state index contributed by atoms with van der Waals surface area (Å²) in [6.45, 7) is 6.35. The predicted molar refractivity (Wildman–Crippen MR) is 69.4 cm³/mol. The van der Waals surface area contributed by atoms with Crippen molar-refractivity contribution in [2.75, 3.05) is 0 Å². The Bertz CT molecular complexity index is 394. The van der Waals surface area contributed by atoms with E-state index in [0.29, 0.717) is 5.92 Å². The van der Waals surface area contributed by atoms with Crippen LogP contribution in [-0.4, -0.2) is 6.29 Å². The van der Waals surface area contributed by atoms with Crippen LogP contribution < -0.4 is 0 Å². The van der Waals surface area contributed by atoms with Gasteiger partial charge in [-0.05, 0) is 30.0 Å². The van der Waals surface area contributed by atoms with Gasteiger partial charge in [0.15, 0.2) is 0 Å². The summed E-state index contributed by atoms with van der Waals surface area (Å²) < 4.78 is 0. The average Bonchev–Trinajstić information content (AvgIpc) is 2.27. The van der Waals surface area contributed by atoms with E-state index in [1.54, 1.807) is 0 Å². The van der Waals surface area contributed by atoms with Crippen LogP contribution in [0.1, 0.15) is 37.8 Å². The number of allylic oxidation sites excluding steroid dienone is 3. The van der Waals surface area contributed by atoms with Gasteiger partial charge in [0, 0.05) is 0 Å². The molecule has 0 saturated carbocycles. The van der Waals surface area contributed by atoms with E-state index in [1.165, 1.54) is 11.6 Å². The van der Waals surface area contributed by atoms with Gasteiger partial charge in [-0.2, -0.15) is 0 Å². The zero-order chi connectivity index (χ0) is 12.0. The van der Waals surface area contributed by atoms with Crippen LogP contribution in [-0.2, 0) is 4.79 Å². The maximum absolute atomic E-state index is 10.2. The standard InChI is InChI=1S/C15H18O/c1-12(2)15-8-6-14(7-9-15)11-13(3)5-4-10-16/h4-12H,1-3H3/b5-4+,13-11+. The van der Waals surface area contributed by atoms with Crippen LogP contribution in [0.2, 0.25) is 0 Å². The van der Waals surface area contributed by atoms with Crippen LogP contribution in [0.4, 0.5) is 0 Å². The van der Waals surface area contributed by atoms with Crippen molar-refractivity contribution in [2.45, 2.75) is 26.7 Å². The van der Waals surface area contributed by atoms with Crippen LogP contribution in [0.25, 0.3) is 6.08 Å². The molecule has 0 bridgehead atoms. The van der Waals surface area contributed by atoms with Gasteiger partial charge in [-0.25, -0.2) is 0 Å². The van der Waals surface area contributed by atoms with E-state index < -0.39 is 0 Å². The van der Waals surface area contributed by atoms with Gasteiger partial charge in [0.2, 0.25) is 0 Å². The molecule has 0 aliphatic heterocycles. The molecule has 0 aliphatic rings. The fraction of sp³-hybridized carbons (Fsp3) is 0.267. The Kier molecular flexibility index (Phi) is 4.71. The van der Waals surface area contributed by atoms with Crippen LogP contribution in [0.5, 0.6) is 0 Å². The highest BCUT2D eigenvalue weighted by molar-refractivity contribution is 5.67. The van der Waals surface area contributed by atoms with Gasteiger partial charge in [0.1, 0.15) is 6.29 Å². The van der Waals surface area contributed by atoms with E-state index in [2.05, 4.69) is 44.2 Å². The lowest BCUT2D eigenvalue weighted by Gasteiger charge is -2.04. The van der Waals surface area contributed by atoms with E-state index in [0.717, 1.165) is 17.4 Å². The number of carbonyl (C=O) groups is 1. The Balaban J connectivity index is 2.82. The molecule has 1 aromatic carbocycles. The first-order valence-corrected chi connectivity index (χ1v) is 5.53. The molecule has 84 valence electrons. The SMILES string of the molecule is CC(/C=C/C=O)=C\c1ccc(C(C)C)cc1. The van der Waals surface area contributed by atoms with E-state index >= 15 is 0 Å². The second-order valence-corrected chi connectivity index (χ2v) is 4.20. The number of hydrogen-bond acceptors (Lipinski definition) is 1. The highest BCUT2D eigenvalue weighted by Gasteiger charge is 1.97. The molecule has 1 heteroatoms. The number of benzene rings is 1. The quantitative estimate of drug-likeness (QED) is 0.421. The molecular weight excluding hydrogens is 196 g/mol. The Morgan fingerprint density at radius 2 is 1.81 bits per heavy atom. The van der Waals surface area contributed by atoms with Gasteiger partial charge < -0.3 is 0 Å². The molecule has 0 heterocycles. The average molecular weight is 214 g/mol. The molecule has 0 N–H and O–H groups in total. The zero-order valence-electron chi connectivity index (χ0n) is 10.1. The van der Waals surface area contributed by atoms with Gasteiger partial charge in [-0.3, -0.25) is 4.79 Å². The summed E-state index contributed by atoms with van der Waals surface area (Å²) in [7, 11) is 0. The minimum Gasteiger partial charge on any atom is -0.299 e. The highest BCUT2D eigenvalue weighted by Crippen LogP contribution is 2.16. The van der Waals surface area contributed by atoms with E-state index in [4.69, 9.17) is 0 Å². The van der Waals surface area contributed by atoms with Crippen molar-refractivity contribution in [3.63, 3.8) is 0 Å². The normalized spacial score (nSPS) is 12.4. The first-order valence-electron chi connectivity index (χ1n) is 5.53. The molecule has 0 spiro atoms. The van der Waals surface area contributed by atoms with Crippen molar-refractivity contribution < 1.29 is 4.79 Å². The van der Waals surface area contributed by atoms with E-state index in [-0.39, 0.29) is 0 Å². The number of carbonyl (C=O) groups excluding carboxylic acids is 1. The summed E-state index contributed by atoms with van der Waals surface area (Å²) >= 11 is 0. The lowest BCUT2D eigenvalue weighted by molar-refractivity contribution is -0.104. The molecule has 0 radical (unpaired) electrons. The lowest BCUT2D eigenvalue weighted by atomic mass is 10.0. The van der Waals surface area contributed by atoms with E-state index in [1.807, 2.05) is 13.0 Å². The summed E-state index contributed by atoms with van der Waals surface area (Å²) in [5.74, 6) is 0.564. The Morgan fingerprint density at radius 3 is 2.31 bits per heavy atom. The van der Waals surface area contributed by atoms with Crippen LogP contribution in [0.3, 0.4) is 0 Å². The molecular formula is C15H18O. The van der Waals surface area contributed by atoms with Crippen molar-refractivity contribution in [1.82, 2.24) is 0 Å². The van der Waals surface area contributed by atoms with Crippen LogP contribution >= 0.6 is 0 Å². The molecule has 0 unspecified atom stereocenters. The summed E-state index contributed by atoms with van der Waals surface area (Å²) in [5.41, 5.74) is 3.58. The third kappa shape index (κ3) is 3.85. The van der Waals surface area contributed by atoms with Crippen molar-refractivity contribution >= 4 is 12.4 Å². The lowest BCUT2D eigenvalue weighted by Crippen LogP contribution is -1.86. The summed E-state index contributed by atoms with van der Waals surface area (Å²) in [4.78, 5) is 10.2. The molecule has 0 saturated heterocycles. The predicted octanol–water partition coefficient (Wildman–Crippen LogP) is 3.97. The highest BCUT2D eigenvalue weighted by atomic mass is 16.1. The topological polar surface area (TPSA) is 17.1 Å². The fourth-order valence-electron chi connectivity index (χ4n) is 1.48. The minimum absolute atomic E-state index is 0.564. The number of rotatable bonds is 4. The van der Waals surface area contributed by atoms with Crippen molar-refractivity contribution in [3.8, 4) is 0 Å². The number of hydrogen-bond donors (Lipinski definition) is 0. The molecule has 1 aromatic rings. The Morgan fingerprint density at radius 1 is 1.19 bits per heavy atom. The molecule has 1 nitrogen and oxygen atoms in total. The molecule has 0 atom stereocenters. The Hall–Kier alpha value is -1.63. The summed E-state index contributed by atoms with van der Waals surface area (Å²) in [6, 6.07) is 8.50. The first-order chi connectivity index (χ1) is 7.63.